The van der Waals surface area contributed by atoms with E-state index < -0.39 is 23.5 Å². The zero-order chi connectivity index (χ0) is 24.9. The Morgan fingerprint density at radius 2 is 1.94 bits per heavy atom. The summed E-state index contributed by atoms with van der Waals surface area (Å²) in [4.78, 5) is 30.7. The van der Waals surface area contributed by atoms with E-state index >= 15 is 0 Å². The SMILES string of the molecule is CCOc1ccc(C2/C(=C(\[O-])c3ccc(Cl)cc3)C(=O)C(=O)N2CCC[n+]2cc[nH]c2)cc1OC. The third-order valence-corrected chi connectivity index (χ3v) is 6.11. The molecule has 1 saturated heterocycles. The number of imidazole rings is 1. The molecular weight excluding hydrogens is 470 g/mol. The fraction of sp³-hybridized carbons (Fsp3) is 0.269. The van der Waals surface area contributed by atoms with Gasteiger partial charge in [0, 0.05) is 23.6 Å². The number of ketones is 1. The molecule has 1 fully saturated rings. The summed E-state index contributed by atoms with van der Waals surface area (Å²) in [6, 6.07) is 10.6. The molecule has 1 atom stereocenters. The molecule has 0 saturated carbocycles. The monoisotopic (exact) mass is 495 g/mol. The van der Waals surface area contributed by atoms with Crippen LogP contribution in [0.3, 0.4) is 0 Å². The van der Waals surface area contributed by atoms with Crippen molar-refractivity contribution in [3.63, 3.8) is 0 Å². The van der Waals surface area contributed by atoms with E-state index in [1.807, 2.05) is 24.0 Å². The Bertz CT molecular complexity index is 1240. The van der Waals surface area contributed by atoms with Gasteiger partial charge in [-0.2, -0.15) is 0 Å². The second-order valence-corrected chi connectivity index (χ2v) is 8.46. The highest BCUT2D eigenvalue weighted by atomic mass is 35.5. The maximum atomic E-state index is 13.5. The largest absolute Gasteiger partial charge is 0.872 e. The van der Waals surface area contributed by atoms with Gasteiger partial charge in [0.05, 0.1) is 26.3 Å². The Labute approximate surface area is 208 Å². The van der Waals surface area contributed by atoms with Crippen molar-refractivity contribution >= 4 is 29.1 Å². The number of nitrogens with one attached hydrogen (secondary N) is 1. The number of aromatic nitrogens is 2. The number of amides is 1. The van der Waals surface area contributed by atoms with Crippen molar-refractivity contribution in [2.75, 3.05) is 20.3 Å². The summed E-state index contributed by atoms with van der Waals surface area (Å²) in [7, 11) is 1.52. The van der Waals surface area contributed by atoms with Crippen LogP contribution in [0.4, 0.5) is 0 Å². The Balaban J connectivity index is 1.77. The number of nitrogens with zero attached hydrogens (tertiary/aromatic N) is 2. The molecule has 1 aromatic heterocycles. The molecule has 2 heterocycles. The molecule has 0 aliphatic carbocycles. The van der Waals surface area contributed by atoms with Crippen LogP contribution in [0.2, 0.25) is 5.02 Å². The lowest BCUT2D eigenvalue weighted by atomic mass is 9.95. The van der Waals surface area contributed by atoms with Gasteiger partial charge in [-0.3, -0.25) is 14.6 Å². The maximum Gasteiger partial charge on any atom is 0.295 e. The fourth-order valence-corrected chi connectivity index (χ4v) is 4.34. The van der Waals surface area contributed by atoms with Gasteiger partial charge in [0.2, 0.25) is 12.1 Å². The van der Waals surface area contributed by atoms with Crippen LogP contribution in [-0.2, 0) is 16.1 Å². The summed E-state index contributed by atoms with van der Waals surface area (Å²) < 4.78 is 13.0. The van der Waals surface area contributed by atoms with Crippen molar-refractivity contribution < 1.29 is 28.7 Å². The Kier molecular flexibility index (Phi) is 7.41. The second kappa shape index (κ2) is 10.7. The average molecular weight is 496 g/mol. The number of methoxy groups -OCH3 is 1. The smallest absolute Gasteiger partial charge is 0.295 e. The maximum absolute atomic E-state index is 13.5. The van der Waals surface area contributed by atoms with Crippen LogP contribution in [0.1, 0.15) is 30.5 Å². The first-order chi connectivity index (χ1) is 16.9. The number of ether oxygens (including phenoxy) is 2. The van der Waals surface area contributed by atoms with E-state index in [0.717, 1.165) is 0 Å². The summed E-state index contributed by atoms with van der Waals surface area (Å²) in [5.74, 6) is -0.996. The predicted molar refractivity (Wildman–Crippen MR) is 128 cm³/mol. The summed E-state index contributed by atoms with van der Waals surface area (Å²) in [6.45, 7) is 3.25. The summed E-state index contributed by atoms with van der Waals surface area (Å²) in [5, 5.41) is 14.0. The number of hydrogen-bond donors (Lipinski definition) is 1. The number of H-pyrrole nitrogens is 1. The van der Waals surface area contributed by atoms with Crippen molar-refractivity contribution in [1.29, 1.82) is 0 Å². The van der Waals surface area contributed by atoms with Gasteiger partial charge in [-0.05, 0) is 42.3 Å². The van der Waals surface area contributed by atoms with Gasteiger partial charge < -0.3 is 19.5 Å². The molecule has 1 N–H and O–H groups in total. The van der Waals surface area contributed by atoms with Crippen LogP contribution in [0, 0.1) is 0 Å². The van der Waals surface area contributed by atoms with E-state index in [0.29, 0.717) is 48.2 Å². The van der Waals surface area contributed by atoms with Crippen LogP contribution in [0.5, 0.6) is 11.5 Å². The van der Waals surface area contributed by atoms with Crippen LogP contribution < -0.4 is 19.1 Å². The minimum atomic E-state index is -0.848. The number of rotatable bonds is 9. The molecule has 4 rings (SSSR count). The minimum Gasteiger partial charge on any atom is -0.872 e. The van der Waals surface area contributed by atoms with Gasteiger partial charge in [-0.1, -0.05) is 35.6 Å². The molecule has 1 aliphatic heterocycles. The lowest BCUT2D eigenvalue weighted by Gasteiger charge is -2.28. The van der Waals surface area contributed by atoms with Gasteiger partial charge in [-0.15, -0.1) is 0 Å². The van der Waals surface area contributed by atoms with E-state index in [4.69, 9.17) is 21.1 Å². The van der Waals surface area contributed by atoms with Gasteiger partial charge in [-0.25, -0.2) is 4.57 Å². The van der Waals surface area contributed by atoms with E-state index in [-0.39, 0.29) is 11.1 Å². The molecule has 1 amide bonds. The van der Waals surface area contributed by atoms with Gasteiger partial charge >= 0.3 is 0 Å². The third kappa shape index (κ3) is 5.02. The van der Waals surface area contributed by atoms with E-state index in [1.54, 1.807) is 48.7 Å². The van der Waals surface area contributed by atoms with Crippen LogP contribution in [0.25, 0.3) is 5.76 Å². The molecule has 182 valence electrons. The van der Waals surface area contributed by atoms with Gasteiger partial charge in [0.25, 0.3) is 5.91 Å². The number of hydrogen-bond acceptors (Lipinski definition) is 5. The van der Waals surface area contributed by atoms with E-state index in [9.17, 15) is 14.7 Å². The molecule has 2 aromatic carbocycles. The number of Topliss-reactive ketones (excluding diaryl/α,β-unsaturated/α-hetero) is 1. The summed E-state index contributed by atoms with van der Waals surface area (Å²) >= 11 is 5.97. The topological polar surface area (TPSA) is 98.6 Å². The second-order valence-electron chi connectivity index (χ2n) is 8.03. The lowest BCUT2D eigenvalue weighted by molar-refractivity contribution is -0.695. The van der Waals surface area contributed by atoms with Gasteiger partial charge in [0.15, 0.2) is 11.5 Å². The highest BCUT2D eigenvalue weighted by molar-refractivity contribution is 6.46. The molecule has 1 aliphatic rings. The normalized spacial score (nSPS) is 17.1. The molecule has 0 spiro atoms. The molecule has 0 radical (unpaired) electrons. The average Bonchev–Trinajstić information content (AvgIpc) is 3.47. The minimum absolute atomic E-state index is 0.0853. The Morgan fingerprint density at radius 1 is 1.17 bits per heavy atom. The van der Waals surface area contributed by atoms with Crippen LogP contribution in [0.15, 0.2) is 66.8 Å². The first kappa shape index (κ1) is 24.3. The Hall–Kier alpha value is -3.78. The number of benzene rings is 2. The van der Waals surface area contributed by atoms with Gasteiger partial charge in [0.1, 0.15) is 12.4 Å². The summed E-state index contributed by atoms with van der Waals surface area (Å²) in [6.07, 6.45) is 6.09. The molecule has 9 heteroatoms. The number of aromatic amines is 1. The highest BCUT2D eigenvalue weighted by Gasteiger charge is 2.44. The number of carbonyl (C=O) groups excluding carboxylic acids is 2. The third-order valence-electron chi connectivity index (χ3n) is 5.86. The molecule has 1 unspecified atom stereocenters. The first-order valence-corrected chi connectivity index (χ1v) is 11.7. The lowest BCUT2D eigenvalue weighted by Crippen LogP contribution is -2.36. The highest BCUT2D eigenvalue weighted by Crippen LogP contribution is 2.41. The predicted octanol–water partition coefficient (Wildman–Crippen LogP) is 2.68. The fourth-order valence-electron chi connectivity index (χ4n) is 4.22. The number of carbonyl (C=O) groups is 2. The quantitative estimate of drug-likeness (QED) is 0.213. The summed E-state index contributed by atoms with van der Waals surface area (Å²) in [5.41, 5.74) is 0.798. The van der Waals surface area contributed by atoms with Crippen molar-refractivity contribution in [1.82, 2.24) is 9.88 Å². The number of halogens is 1. The Morgan fingerprint density at radius 3 is 2.60 bits per heavy atom. The number of aryl methyl sites for hydroxylation is 1. The number of likely N-dealkylation sites (tertiary alicyclic amines) is 1. The molecule has 0 bridgehead atoms. The first-order valence-electron chi connectivity index (χ1n) is 11.3. The van der Waals surface area contributed by atoms with Crippen LogP contribution >= 0.6 is 11.6 Å². The van der Waals surface area contributed by atoms with Crippen molar-refractivity contribution in [2.45, 2.75) is 25.9 Å². The van der Waals surface area contributed by atoms with E-state index in [2.05, 4.69) is 4.98 Å². The zero-order valence-electron chi connectivity index (χ0n) is 19.5. The van der Waals surface area contributed by atoms with Crippen molar-refractivity contribution in [2.24, 2.45) is 0 Å². The van der Waals surface area contributed by atoms with Crippen LogP contribution in [-0.4, -0.2) is 41.8 Å². The van der Waals surface area contributed by atoms with Crippen molar-refractivity contribution in [3.8, 4) is 11.5 Å². The standard InChI is InChI=1S/C26H26ClN3O5/c1-3-35-20-10-7-18(15-21(20)34-2)23-22(24(31)17-5-8-19(27)9-6-17)25(32)26(33)30(23)13-4-12-29-14-11-28-16-29/h5-11,14-16,23H,3-4,12-13H2,1-2H3,(H,31,32). The zero-order valence-corrected chi connectivity index (χ0v) is 20.2. The molecule has 8 nitrogen and oxygen atoms in total. The molecule has 3 aromatic rings. The molecular formula is C26H26ClN3O5. The van der Waals surface area contributed by atoms with E-state index in [1.165, 1.54) is 12.0 Å². The van der Waals surface area contributed by atoms with Crippen molar-refractivity contribution in [3.05, 3.63) is 82.9 Å². The molecule has 35 heavy (non-hydrogen) atoms.